The molecule has 0 spiro atoms. The zero-order valence-corrected chi connectivity index (χ0v) is 17.4. The Labute approximate surface area is 169 Å². The van der Waals surface area contributed by atoms with E-state index in [1.165, 1.54) is 31.2 Å². The van der Waals surface area contributed by atoms with Crippen molar-refractivity contribution in [1.82, 2.24) is 0 Å². The van der Waals surface area contributed by atoms with Gasteiger partial charge in [0.2, 0.25) is 0 Å². The highest BCUT2D eigenvalue weighted by molar-refractivity contribution is 5.94. The predicted octanol–water partition coefficient (Wildman–Crippen LogP) is 6.00. The van der Waals surface area contributed by atoms with E-state index in [2.05, 4.69) is 19.2 Å². The van der Waals surface area contributed by atoms with Crippen LogP contribution in [0.2, 0.25) is 0 Å². The lowest BCUT2D eigenvalue weighted by molar-refractivity contribution is -0.122. The molecular formula is C24H33NO3. The van der Waals surface area contributed by atoms with Crippen LogP contribution >= 0.6 is 0 Å². The summed E-state index contributed by atoms with van der Waals surface area (Å²) in [7, 11) is 0. The summed E-state index contributed by atoms with van der Waals surface area (Å²) >= 11 is 0. The first-order valence-corrected chi connectivity index (χ1v) is 10.4. The molecule has 1 N–H and O–H groups in total. The molecular weight excluding hydrogens is 350 g/mol. The fourth-order valence-corrected chi connectivity index (χ4v) is 2.84. The highest BCUT2D eigenvalue weighted by Crippen LogP contribution is 2.18. The van der Waals surface area contributed by atoms with Gasteiger partial charge in [-0.25, -0.2) is 0 Å². The number of amides is 1. The van der Waals surface area contributed by atoms with E-state index in [-0.39, 0.29) is 5.91 Å². The smallest absolute Gasteiger partial charge is 0.265 e. The van der Waals surface area contributed by atoms with Crippen molar-refractivity contribution in [1.29, 1.82) is 0 Å². The molecule has 0 heterocycles. The van der Waals surface area contributed by atoms with Crippen molar-refractivity contribution in [3.8, 4) is 11.5 Å². The number of rotatable bonds is 12. The van der Waals surface area contributed by atoms with Crippen molar-refractivity contribution in [2.75, 3.05) is 11.9 Å². The van der Waals surface area contributed by atoms with Gasteiger partial charge >= 0.3 is 0 Å². The number of anilines is 1. The number of nitrogens with one attached hydrogen (secondary N) is 1. The van der Waals surface area contributed by atoms with E-state index in [0.29, 0.717) is 5.75 Å². The largest absolute Gasteiger partial charge is 0.494 e. The number of hydrogen-bond acceptors (Lipinski definition) is 3. The number of benzene rings is 2. The molecule has 0 unspecified atom stereocenters. The van der Waals surface area contributed by atoms with Crippen molar-refractivity contribution in [2.45, 2.75) is 65.4 Å². The van der Waals surface area contributed by atoms with Crippen LogP contribution < -0.4 is 14.8 Å². The van der Waals surface area contributed by atoms with Gasteiger partial charge in [0.05, 0.1) is 6.61 Å². The molecule has 0 radical (unpaired) electrons. The average Bonchev–Trinajstić information content (AvgIpc) is 2.72. The van der Waals surface area contributed by atoms with Crippen LogP contribution in [-0.2, 0) is 11.2 Å². The van der Waals surface area contributed by atoms with E-state index in [0.717, 1.165) is 30.9 Å². The molecule has 0 aliphatic heterocycles. The predicted molar refractivity (Wildman–Crippen MR) is 115 cm³/mol. The molecule has 0 aliphatic rings. The van der Waals surface area contributed by atoms with Crippen LogP contribution in [-0.4, -0.2) is 18.6 Å². The van der Waals surface area contributed by atoms with Crippen molar-refractivity contribution in [3.05, 3.63) is 54.1 Å². The van der Waals surface area contributed by atoms with E-state index in [1.807, 2.05) is 48.5 Å². The first-order valence-electron chi connectivity index (χ1n) is 10.4. The first-order chi connectivity index (χ1) is 13.6. The highest BCUT2D eigenvalue weighted by atomic mass is 16.5. The number of unbranched alkanes of at least 4 members (excludes halogenated alkanes) is 4. The van der Waals surface area contributed by atoms with Gasteiger partial charge in [0.1, 0.15) is 11.5 Å². The molecule has 0 saturated heterocycles. The van der Waals surface area contributed by atoms with Crippen molar-refractivity contribution >= 4 is 11.6 Å². The lowest BCUT2D eigenvalue weighted by atomic mass is 10.2. The van der Waals surface area contributed by atoms with Crippen LogP contribution in [0.15, 0.2) is 48.5 Å². The molecule has 2 aromatic carbocycles. The highest BCUT2D eigenvalue weighted by Gasteiger charge is 2.15. The van der Waals surface area contributed by atoms with Crippen molar-refractivity contribution < 1.29 is 14.3 Å². The van der Waals surface area contributed by atoms with Crippen LogP contribution in [0.3, 0.4) is 0 Å². The first kappa shape index (κ1) is 21.8. The summed E-state index contributed by atoms with van der Waals surface area (Å²) in [6.45, 7) is 6.80. The molecule has 0 aromatic heterocycles. The second-order valence-electron chi connectivity index (χ2n) is 7.03. The zero-order chi connectivity index (χ0) is 20.2. The molecule has 2 rings (SSSR count). The average molecular weight is 384 g/mol. The maximum atomic E-state index is 12.4. The van der Waals surface area contributed by atoms with Gasteiger partial charge in [-0.2, -0.15) is 0 Å². The number of ether oxygens (including phenoxy) is 2. The van der Waals surface area contributed by atoms with Gasteiger partial charge in [0, 0.05) is 5.69 Å². The molecule has 0 aliphatic carbocycles. The van der Waals surface area contributed by atoms with Crippen LogP contribution in [0, 0.1) is 0 Å². The number of hydrogen-bond donors (Lipinski definition) is 1. The van der Waals surface area contributed by atoms with Crippen LogP contribution in [0.25, 0.3) is 0 Å². The third kappa shape index (κ3) is 7.63. The SMILES string of the molecule is CCCCCCCOc1ccc(NC(=O)[C@H](C)Oc2ccc(CC)cc2)cc1. The Morgan fingerprint density at radius 2 is 1.54 bits per heavy atom. The Bertz CT molecular complexity index is 695. The van der Waals surface area contributed by atoms with E-state index in [9.17, 15) is 4.79 Å². The minimum atomic E-state index is -0.577. The molecule has 2 aromatic rings. The molecule has 0 fully saturated rings. The number of carbonyl (C=O) groups is 1. The summed E-state index contributed by atoms with van der Waals surface area (Å²) < 4.78 is 11.5. The normalized spacial score (nSPS) is 11.7. The maximum absolute atomic E-state index is 12.4. The monoisotopic (exact) mass is 383 g/mol. The molecule has 1 amide bonds. The van der Waals surface area contributed by atoms with Gasteiger partial charge in [-0.05, 0) is 61.7 Å². The Morgan fingerprint density at radius 1 is 0.893 bits per heavy atom. The molecule has 1 atom stereocenters. The third-order valence-corrected chi connectivity index (χ3v) is 4.65. The Kier molecular flexibility index (Phi) is 9.40. The van der Waals surface area contributed by atoms with E-state index < -0.39 is 6.10 Å². The molecule has 4 heteroatoms. The second kappa shape index (κ2) is 12.1. The quantitative estimate of drug-likeness (QED) is 0.457. The minimum Gasteiger partial charge on any atom is -0.494 e. The molecule has 4 nitrogen and oxygen atoms in total. The van der Waals surface area contributed by atoms with Crippen LogP contribution in [0.4, 0.5) is 5.69 Å². The van der Waals surface area contributed by atoms with Crippen molar-refractivity contribution in [2.24, 2.45) is 0 Å². The van der Waals surface area contributed by atoms with Gasteiger partial charge in [0.15, 0.2) is 6.10 Å². The maximum Gasteiger partial charge on any atom is 0.265 e. The molecule has 28 heavy (non-hydrogen) atoms. The number of aryl methyl sites for hydroxylation is 1. The summed E-state index contributed by atoms with van der Waals surface area (Å²) in [5.41, 5.74) is 1.98. The van der Waals surface area contributed by atoms with Gasteiger partial charge < -0.3 is 14.8 Å². The summed E-state index contributed by atoms with van der Waals surface area (Å²) in [5, 5.41) is 2.88. The third-order valence-electron chi connectivity index (χ3n) is 4.65. The Balaban J connectivity index is 1.74. The van der Waals surface area contributed by atoms with Gasteiger partial charge in [-0.3, -0.25) is 4.79 Å². The summed E-state index contributed by atoms with van der Waals surface area (Å²) in [6.07, 6.45) is 6.51. The Hall–Kier alpha value is -2.49. The van der Waals surface area contributed by atoms with Crippen molar-refractivity contribution in [3.63, 3.8) is 0 Å². The molecule has 0 saturated carbocycles. The molecule has 152 valence electrons. The fraction of sp³-hybridized carbons (Fsp3) is 0.458. The van der Waals surface area contributed by atoms with E-state index >= 15 is 0 Å². The summed E-state index contributed by atoms with van der Waals surface area (Å²) in [4.78, 5) is 12.4. The topological polar surface area (TPSA) is 47.6 Å². The standard InChI is InChI=1S/C24H33NO3/c1-4-6-7-8-9-18-27-22-16-12-21(13-17-22)25-24(26)19(3)28-23-14-10-20(5-2)11-15-23/h10-17,19H,4-9,18H2,1-3H3,(H,25,26)/t19-/m0/s1. The summed E-state index contributed by atoms with van der Waals surface area (Å²) in [5.74, 6) is 1.35. The van der Waals surface area contributed by atoms with E-state index in [4.69, 9.17) is 9.47 Å². The molecule has 0 bridgehead atoms. The lowest BCUT2D eigenvalue weighted by Crippen LogP contribution is -2.30. The zero-order valence-electron chi connectivity index (χ0n) is 17.4. The van der Waals surface area contributed by atoms with Gasteiger partial charge in [0.25, 0.3) is 5.91 Å². The number of carbonyl (C=O) groups excluding carboxylic acids is 1. The Morgan fingerprint density at radius 3 is 2.18 bits per heavy atom. The minimum absolute atomic E-state index is 0.177. The van der Waals surface area contributed by atoms with E-state index in [1.54, 1.807) is 6.92 Å². The summed E-state index contributed by atoms with van der Waals surface area (Å²) in [6, 6.07) is 15.3. The van der Waals surface area contributed by atoms with Crippen LogP contribution in [0.1, 0.15) is 58.4 Å². The second-order valence-corrected chi connectivity index (χ2v) is 7.03. The lowest BCUT2D eigenvalue weighted by Gasteiger charge is -2.15. The fourth-order valence-electron chi connectivity index (χ4n) is 2.84. The van der Waals surface area contributed by atoms with Gasteiger partial charge in [-0.15, -0.1) is 0 Å². The van der Waals surface area contributed by atoms with Crippen LogP contribution in [0.5, 0.6) is 11.5 Å². The van der Waals surface area contributed by atoms with Gasteiger partial charge in [-0.1, -0.05) is 51.7 Å².